The standard InChI is InChI=1S/C14H18O2/c1-3-5-10-7-12-9-16-14(15)13(12)8-11(10)6-4-2/h3-6,12-13H,7-9H2,1-2H3/b5-3-,6-4-/t12?,13-/m0/s1. The van der Waals surface area contributed by atoms with E-state index in [2.05, 4.69) is 18.2 Å². The fraction of sp³-hybridized carbons (Fsp3) is 0.500. The molecule has 0 N–H and O–H groups in total. The molecule has 2 rings (SSSR count). The number of hydrogen-bond donors (Lipinski definition) is 0. The van der Waals surface area contributed by atoms with Crippen LogP contribution in [0.4, 0.5) is 0 Å². The first kappa shape index (κ1) is 11.2. The molecular weight excluding hydrogens is 200 g/mol. The summed E-state index contributed by atoms with van der Waals surface area (Å²) in [7, 11) is 0. The van der Waals surface area contributed by atoms with Gasteiger partial charge in [-0.3, -0.25) is 4.79 Å². The van der Waals surface area contributed by atoms with E-state index < -0.39 is 0 Å². The summed E-state index contributed by atoms with van der Waals surface area (Å²) in [5.41, 5.74) is 2.65. The molecule has 16 heavy (non-hydrogen) atoms. The van der Waals surface area contributed by atoms with Crippen LogP contribution in [0.25, 0.3) is 0 Å². The zero-order valence-corrected chi connectivity index (χ0v) is 9.90. The lowest BCUT2D eigenvalue weighted by molar-refractivity contribution is -0.141. The average Bonchev–Trinajstić information content (AvgIpc) is 2.62. The van der Waals surface area contributed by atoms with Crippen LogP contribution in [-0.4, -0.2) is 12.6 Å². The van der Waals surface area contributed by atoms with Crippen LogP contribution in [0.15, 0.2) is 35.5 Å². The molecule has 1 saturated heterocycles. The molecule has 0 spiro atoms. The van der Waals surface area contributed by atoms with Crippen molar-refractivity contribution in [1.82, 2.24) is 0 Å². The maximum Gasteiger partial charge on any atom is 0.309 e. The molecule has 0 aromatic carbocycles. The van der Waals surface area contributed by atoms with E-state index in [0.29, 0.717) is 12.5 Å². The first-order valence-electron chi connectivity index (χ1n) is 5.90. The van der Waals surface area contributed by atoms with Crippen LogP contribution in [0, 0.1) is 11.8 Å². The molecule has 2 nitrogen and oxygen atoms in total. The second-order valence-corrected chi connectivity index (χ2v) is 4.46. The summed E-state index contributed by atoms with van der Waals surface area (Å²) < 4.78 is 5.14. The lowest BCUT2D eigenvalue weighted by Gasteiger charge is -2.24. The number of hydrogen-bond acceptors (Lipinski definition) is 2. The van der Waals surface area contributed by atoms with Crippen LogP contribution in [0.5, 0.6) is 0 Å². The van der Waals surface area contributed by atoms with E-state index in [0.717, 1.165) is 12.8 Å². The number of cyclic esters (lactones) is 1. The van der Waals surface area contributed by atoms with Crippen molar-refractivity contribution in [3.8, 4) is 0 Å². The highest BCUT2D eigenvalue weighted by Crippen LogP contribution is 2.39. The molecule has 1 fully saturated rings. The number of allylic oxidation sites excluding steroid dienone is 6. The molecule has 0 aromatic rings. The van der Waals surface area contributed by atoms with Gasteiger partial charge >= 0.3 is 5.97 Å². The van der Waals surface area contributed by atoms with Gasteiger partial charge in [-0.05, 0) is 37.8 Å². The van der Waals surface area contributed by atoms with Gasteiger partial charge in [-0.2, -0.15) is 0 Å². The molecule has 1 unspecified atom stereocenters. The van der Waals surface area contributed by atoms with E-state index >= 15 is 0 Å². The van der Waals surface area contributed by atoms with Gasteiger partial charge in [0.1, 0.15) is 0 Å². The predicted octanol–water partition coefficient (Wildman–Crippen LogP) is 3.02. The van der Waals surface area contributed by atoms with Gasteiger partial charge in [-0.25, -0.2) is 0 Å². The molecule has 1 heterocycles. The minimum atomic E-state index is -0.00784. The van der Waals surface area contributed by atoms with Gasteiger partial charge in [-0.1, -0.05) is 24.3 Å². The van der Waals surface area contributed by atoms with Gasteiger partial charge in [0, 0.05) is 5.92 Å². The lowest BCUT2D eigenvalue weighted by Crippen LogP contribution is -2.21. The quantitative estimate of drug-likeness (QED) is 0.666. The summed E-state index contributed by atoms with van der Waals surface area (Å²) >= 11 is 0. The van der Waals surface area contributed by atoms with Gasteiger partial charge in [0.2, 0.25) is 0 Å². The Kier molecular flexibility index (Phi) is 3.28. The van der Waals surface area contributed by atoms with Gasteiger partial charge in [0.25, 0.3) is 0 Å². The molecule has 0 saturated carbocycles. The van der Waals surface area contributed by atoms with Gasteiger partial charge in [0.15, 0.2) is 0 Å². The Morgan fingerprint density at radius 2 is 1.75 bits per heavy atom. The summed E-state index contributed by atoms with van der Waals surface area (Å²) in [6.07, 6.45) is 10.2. The van der Waals surface area contributed by atoms with Crippen molar-refractivity contribution in [2.24, 2.45) is 11.8 Å². The van der Waals surface area contributed by atoms with E-state index in [1.165, 1.54) is 11.1 Å². The SMILES string of the molecule is C/C=C\C1=C(/C=C\C)C[C@@H]2C(=O)OCC2C1. The highest BCUT2D eigenvalue weighted by atomic mass is 16.5. The van der Waals surface area contributed by atoms with Crippen molar-refractivity contribution in [3.05, 3.63) is 35.5 Å². The number of fused-ring (bicyclic) bond motifs is 1. The van der Waals surface area contributed by atoms with Crippen LogP contribution >= 0.6 is 0 Å². The zero-order chi connectivity index (χ0) is 11.5. The van der Waals surface area contributed by atoms with Crippen molar-refractivity contribution >= 4 is 5.97 Å². The van der Waals surface area contributed by atoms with E-state index in [-0.39, 0.29) is 11.9 Å². The van der Waals surface area contributed by atoms with Crippen molar-refractivity contribution in [2.45, 2.75) is 26.7 Å². The molecule has 2 atom stereocenters. The minimum Gasteiger partial charge on any atom is -0.465 e. The highest BCUT2D eigenvalue weighted by Gasteiger charge is 2.40. The number of carbonyl (C=O) groups is 1. The zero-order valence-electron chi connectivity index (χ0n) is 9.90. The van der Waals surface area contributed by atoms with Crippen molar-refractivity contribution in [1.29, 1.82) is 0 Å². The van der Waals surface area contributed by atoms with Crippen molar-refractivity contribution in [2.75, 3.05) is 6.61 Å². The largest absolute Gasteiger partial charge is 0.465 e. The summed E-state index contributed by atoms with van der Waals surface area (Å²) in [6, 6.07) is 0. The Labute approximate surface area is 96.7 Å². The Morgan fingerprint density at radius 3 is 2.38 bits per heavy atom. The molecule has 2 heteroatoms. The normalized spacial score (nSPS) is 30.2. The second-order valence-electron chi connectivity index (χ2n) is 4.46. The average molecular weight is 218 g/mol. The smallest absolute Gasteiger partial charge is 0.309 e. The van der Waals surface area contributed by atoms with E-state index in [1.807, 2.05) is 19.9 Å². The summed E-state index contributed by atoms with van der Waals surface area (Å²) in [4.78, 5) is 11.5. The Bertz CT molecular complexity index is 374. The third kappa shape index (κ3) is 1.97. The molecular formula is C14H18O2. The molecule has 1 aliphatic heterocycles. The first-order chi connectivity index (χ1) is 7.76. The van der Waals surface area contributed by atoms with E-state index in [4.69, 9.17) is 4.74 Å². The summed E-state index contributed by atoms with van der Waals surface area (Å²) in [6.45, 7) is 4.65. The Morgan fingerprint density at radius 1 is 1.12 bits per heavy atom. The molecule has 0 aromatic heterocycles. The van der Waals surface area contributed by atoms with Crippen LogP contribution in [0.3, 0.4) is 0 Å². The van der Waals surface area contributed by atoms with Crippen molar-refractivity contribution in [3.63, 3.8) is 0 Å². The molecule has 0 bridgehead atoms. The predicted molar refractivity (Wildman–Crippen MR) is 63.8 cm³/mol. The van der Waals surface area contributed by atoms with Gasteiger partial charge in [0.05, 0.1) is 12.5 Å². The number of ether oxygens (including phenoxy) is 1. The Balaban J connectivity index is 2.28. The van der Waals surface area contributed by atoms with Crippen LogP contribution in [0.1, 0.15) is 26.7 Å². The maximum absolute atomic E-state index is 11.5. The van der Waals surface area contributed by atoms with Crippen LogP contribution < -0.4 is 0 Å². The molecule has 0 amide bonds. The monoisotopic (exact) mass is 218 g/mol. The topological polar surface area (TPSA) is 26.3 Å². The number of carbonyl (C=O) groups excluding carboxylic acids is 1. The lowest BCUT2D eigenvalue weighted by atomic mass is 9.77. The Hall–Kier alpha value is -1.31. The van der Waals surface area contributed by atoms with E-state index in [9.17, 15) is 4.79 Å². The fourth-order valence-corrected chi connectivity index (χ4v) is 2.59. The highest BCUT2D eigenvalue weighted by molar-refractivity contribution is 5.76. The van der Waals surface area contributed by atoms with Crippen LogP contribution in [0.2, 0.25) is 0 Å². The first-order valence-corrected chi connectivity index (χ1v) is 5.90. The molecule has 1 aliphatic carbocycles. The number of esters is 1. The molecule has 0 radical (unpaired) electrons. The minimum absolute atomic E-state index is 0.00784. The third-order valence-electron chi connectivity index (χ3n) is 3.38. The summed E-state index contributed by atoms with van der Waals surface area (Å²) in [5, 5.41) is 0. The summed E-state index contributed by atoms with van der Waals surface area (Å²) in [5.74, 6) is 0.486. The molecule has 2 aliphatic rings. The molecule has 86 valence electrons. The fourth-order valence-electron chi connectivity index (χ4n) is 2.59. The second kappa shape index (κ2) is 4.69. The maximum atomic E-state index is 11.5. The van der Waals surface area contributed by atoms with Crippen LogP contribution in [-0.2, 0) is 9.53 Å². The van der Waals surface area contributed by atoms with Gasteiger partial charge in [-0.15, -0.1) is 0 Å². The van der Waals surface area contributed by atoms with Gasteiger partial charge < -0.3 is 4.74 Å². The number of rotatable bonds is 2. The third-order valence-corrected chi connectivity index (χ3v) is 3.38. The van der Waals surface area contributed by atoms with Crippen molar-refractivity contribution < 1.29 is 9.53 Å². The van der Waals surface area contributed by atoms with E-state index in [1.54, 1.807) is 0 Å².